The number of rotatable bonds is 3. The Bertz CT molecular complexity index is 291. The third kappa shape index (κ3) is 1.85. The highest BCUT2D eigenvalue weighted by molar-refractivity contribution is 5.80. The maximum atomic E-state index is 11.5. The molecule has 0 saturated heterocycles. The average Bonchev–Trinajstić information content (AvgIpc) is 2.78. The summed E-state index contributed by atoms with van der Waals surface area (Å²) in [5.41, 5.74) is 0. The van der Waals surface area contributed by atoms with Gasteiger partial charge in [0, 0.05) is 6.04 Å². The molecule has 0 aliphatic heterocycles. The third-order valence-electron chi connectivity index (χ3n) is 2.14. The fraction of sp³-hybridized carbons (Fsp3) is 0.625. The standard InChI is InChI=1S/C8H12N4O/c1-6(12-5-9-4-10-12)8(13)11-7-2-3-7/h4-7H,2-3H2,1H3,(H,11,13). The lowest BCUT2D eigenvalue weighted by atomic mass is 10.3. The Kier molecular flexibility index (Phi) is 2.00. The summed E-state index contributed by atoms with van der Waals surface area (Å²) in [4.78, 5) is 15.3. The second-order valence-corrected chi connectivity index (χ2v) is 3.33. The predicted molar refractivity (Wildman–Crippen MR) is 45.9 cm³/mol. The number of carbonyl (C=O) groups excluding carboxylic acids is 1. The van der Waals surface area contributed by atoms with Crippen molar-refractivity contribution in [3.8, 4) is 0 Å². The van der Waals surface area contributed by atoms with E-state index in [-0.39, 0.29) is 11.9 Å². The van der Waals surface area contributed by atoms with Crippen molar-refractivity contribution in [3.63, 3.8) is 0 Å². The summed E-state index contributed by atoms with van der Waals surface area (Å²) in [5.74, 6) is 0.0213. The van der Waals surface area contributed by atoms with Crippen molar-refractivity contribution in [3.05, 3.63) is 12.7 Å². The molecule has 1 aromatic heterocycles. The first-order chi connectivity index (χ1) is 6.27. The third-order valence-corrected chi connectivity index (χ3v) is 2.14. The zero-order valence-corrected chi connectivity index (χ0v) is 7.47. The minimum atomic E-state index is -0.261. The van der Waals surface area contributed by atoms with Crippen LogP contribution in [0.25, 0.3) is 0 Å². The highest BCUT2D eigenvalue weighted by Gasteiger charge is 2.26. The van der Waals surface area contributed by atoms with Gasteiger partial charge in [-0.05, 0) is 19.8 Å². The first kappa shape index (κ1) is 8.22. The number of hydrogen-bond acceptors (Lipinski definition) is 3. The van der Waals surface area contributed by atoms with E-state index >= 15 is 0 Å². The molecule has 0 spiro atoms. The normalized spacial score (nSPS) is 18.2. The lowest BCUT2D eigenvalue weighted by Crippen LogP contribution is -2.32. The molecular weight excluding hydrogens is 168 g/mol. The van der Waals surface area contributed by atoms with Gasteiger partial charge in [-0.15, -0.1) is 0 Å². The Hall–Kier alpha value is -1.39. The smallest absolute Gasteiger partial charge is 0.244 e. The lowest BCUT2D eigenvalue weighted by molar-refractivity contribution is -0.124. The van der Waals surface area contributed by atoms with Crippen molar-refractivity contribution >= 4 is 5.91 Å². The molecule has 70 valence electrons. The van der Waals surface area contributed by atoms with E-state index in [1.807, 2.05) is 6.92 Å². The summed E-state index contributed by atoms with van der Waals surface area (Å²) >= 11 is 0. The lowest BCUT2D eigenvalue weighted by Gasteiger charge is -2.10. The van der Waals surface area contributed by atoms with Crippen LogP contribution in [0.15, 0.2) is 12.7 Å². The van der Waals surface area contributed by atoms with Gasteiger partial charge in [-0.25, -0.2) is 9.67 Å². The SMILES string of the molecule is CC(C(=O)NC1CC1)n1cncn1. The van der Waals surface area contributed by atoms with Gasteiger partial charge in [0.15, 0.2) is 0 Å². The van der Waals surface area contributed by atoms with Gasteiger partial charge < -0.3 is 5.32 Å². The molecule has 0 bridgehead atoms. The van der Waals surface area contributed by atoms with E-state index in [1.165, 1.54) is 6.33 Å². The van der Waals surface area contributed by atoms with Crippen LogP contribution in [0.3, 0.4) is 0 Å². The van der Waals surface area contributed by atoms with Crippen LogP contribution in [-0.4, -0.2) is 26.7 Å². The highest BCUT2D eigenvalue weighted by atomic mass is 16.2. The summed E-state index contributed by atoms with van der Waals surface area (Å²) < 4.78 is 1.55. The quantitative estimate of drug-likeness (QED) is 0.718. The van der Waals surface area contributed by atoms with Gasteiger partial charge >= 0.3 is 0 Å². The van der Waals surface area contributed by atoms with Crippen molar-refractivity contribution in [2.24, 2.45) is 0 Å². The van der Waals surface area contributed by atoms with Crippen LogP contribution < -0.4 is 5.32 Å². The van der Waals surface area contributed by atoms with Gasteiger partial charge in [0.1, 0.15) is 18.7 Å². The molecule has 1 aromatic rings. The number of hydrogen-bond donors (Lipinski definition) is 1. The van der Waals surface area contributed by atoms with Crippen LogP contribution in [0.2, 0.25) is 0 Å². The molecule has 0 aromatic carbocycles. The number of carbonyl (C=O) groups is 1. The maximum Gasteiger partial charge on any atom is 0.244 e. The second-order valence-electron chi connectivity index (χ2n) is 3.33. The van der Waals surface area contributed by atoms with E-state index in [2.05, 4.69) is 15.4 Å². The maximum absolute atomic E-state index is 11.5. The summed E-state index contributed by atoms with van der Waals surface area (Å²) in [6.07, 6.45) is 5.20. The van der Waals surface area contributed by atoms with Gasteiger partial charge in [-0.2, -0.15) is 5.10 Å². The molecule has 1 saturated carbocycles. The fourth-order valence-corrected chi connectivity index (χ4v) is 1.09. The minimum absolute atomic E-state index is 0.0213. The van der Waals surface area contributed by atoms with E-state index in [0.29, 0.717) is 6.04 Å². The van der Waals surface area contributed by atoms with Gasteiger partial charge in [0.25, 0.3) is 0 Å². The predicted octanol–water partition coefficient (Wildman–Crippen LogP) is 0.118. The molecule has 13 heavy (non-hydrogen) atoms. The summed E-state index contributed by atoms with van der Waals surface area (Å²) in [5, 5.41) is 6.82. The van der Waals surface area contributed by atoms with Gasteiger partial charge in [0.2, 0.25) is 5.91 Å². The molecule has 5 heteroatoms. The molecule has 1 N–H and O–H groups in total. The molecule has 1 heterocycles. The summed E-state index contributed by atoms with van der Waals surface area (Å²) in [7, 11) is 0. The van der Waals surface area contributed by atoms with Crippen molar-refractivity contribution in [1.29, 1.82) is 0 Å². The highest BCUT2D eigenvalue weighted by Crippen LogP contribution is 2.19. The van der Waals surface area contributed by atoms with Crippen LogP contribution in [0.1, 0.15) is 25.8 Å². The summed E-state index contributed by atoms with van der Waals surface area (Å²) in [6, 6.07) is 0.140. The molecule has 1 fully saturated rings. The Morgan fingerprint density at radius 2 is 2.46 bits per heavy atom. The number of amides is 1. The van der Waals surface area contributed by atoms with Crippen LogP contribution in [0.4, 0.5) is 0 Å². The van der Waals surface area contributed by atoms with Gasteiger partial charge in [-0.3, -0.25) is 4.79 Å². The Morgan fingerprint density at radius 1 is 1.69 bits per heavy atom. The van der Waals surface area contributed by atoms with E-state index < -0.39 is 0 Å². The van der Waals surface area contributed by atoms with Crippen LogP contribution in [0, 0.1) is 0 Å². The average molecular weight is 180 g/mol. The number of aromatic nitrogens is 3. The van der Waals surface area contributed by atoms with E-state index in [4.69, 9.17) is 0 Å². The largest absolute Gasteiger partial charge is 0.352 e. The second kappa shape index (κ2) is 3.16. The van der Waals surface area contributed by atoms with Crippen LogP contribution in [0.5, 0.6) is 0 Å². The molecule has 1 aliphatic carbocycles. The van der Waals surface area contributed by atoms with Crippen molar-refractivity contribution in [2.75, 3.05) is 0 Å². The topological polar surface area (TPSA) is 59.8 Å². The molecule has 2 rings (SSSR count). The van der Waals surface area contributed by atoms with Crippen molar-refractivity contribution in [1.82, 2.24) is 20.1 Å². The molecule has 1 amide bonds. The van der Waals surface area contributed by atoms with E-state index in [9.17, 15) is 4.79 Å². The molecule has 0 radical (unpaired) electrons. The number of nitrogens with zero attached hydrogens (tertiary/aromatic N) is 3. The van der Waals surface area contributed by atoms with Crippen molar-refractivity contribution in [2.45, 2.75) is 31.8 Å². The van der Waals surface area contributed by atoms with Crippen LogP contribution >= 0.6 is 0 Å². The molecule has 1 aliphatic rings. The van der Waals surface area contributed by atoms with Crippen molar-refractivity contribution < 1.29 is 4.79 Å². The summed E-state index contributed by atoms with van der Waals surface area (Å²) in [6.45, 7) is 1.81. The van der Waals surface area contributed by atoms with E-state index in [0.717, 1.165) is 12.8 Å². The van der Waals surface area contributed by atoms with E-state index in [1.54, 1.807) is 11.0 Å². The van der Waals surface area contributed by atoms with Gasteiger partial charge in [0.05, 0.1) is 0 Å². The molecule has 1 unspecified atom stereocenters. The zero-order valence-electron chi connectivity index (χ0n) is 7.47. The molecule has 1 atom stereocenters. The first-order valence-corrected chi connectivity index (χ1v) is 4.42. The fourth-order valence-electron chi connectivity index (χ4n) is 1.09. The van der Waals surface area contributed by atoms with Gasteiger partial charge in [-0.1, -0.05) is 0 Å². The first-order valence-electron chi connectivity index (χ1n) is 4.42. The number of nitrogens with one attached hydrogen (secondary N) is 1. The Morgan fingerprint density at radius 3 is 3.00 bits per heavy atom. The molecular formula is C8H12N4O. The minimum Gasteiger partial charge on any atom is -0.352 e. The Labute approximate surface area is 76.2 Å². The monoisotopic (exact) mass is 180 g/mol. The van der Waals surface area contributed by atoms with Crippen LogP contribution in [-0.2, 0) is 4.79 Å². The molecule has 5 nitrogen and oxygen atoms in total. The zero-order chi connectivity index (χ0) is 9.26. The Balaban J connectivity index is 1.95.